The third-order valence-corrected chi connectivity index (χ3v) is 7.83. The fourth-order valence-electron chi connectivity index (χ4n) is 4.93. The number of aromatic nitrogens is 2. The second-order valence-corrected chi connectivity index (χ2v) is 11.5. The number of rotatable bonds is 8. The van der Waals surface area contributed by atoms with E-state index in [-0.39, 0.29) is 40.8 Å². The van der Waals surface area contributed by atoms with Crippen LogP contribution in [-0.2, 0) is 6.61 Å². The Kier molecular flexibility index (Phi) is 8.54. The molecule has 41 heavy (non-hydrogen) atoms. The highest BCUT2D eigenvalue weighted by molar-refractivity contribution is 9.10. The molecule has 4 aromatic rings. The van der Waals surface area contributed by atoms with Crippen molar-refractivity contribution in [2.24, 2.45) is 5.10 Å². The highest BCUT2D eigenvalue weighted by Crippen LogP contribution is 2.35. The Morgan fingerprint density at radius 1 is 1.00 bits per heavy atom. The lowest BCUT2D eigenvalue weighted by molar-refractivity contribution is -0.386. The van der Waals surface area contributed by atoms with Crippen LogP contribution in [0.15, 0.2) is 73.4 Å². The lowest BCUT2D eigenvalue weighted by Crippen LogP contribution is -2.25. The van der Waals surface area contributed by atoms with Gasteiger partial charge in [-0.05, 0) is 42.7 Å². The maximum absolute atomic E-state index is 13.7. The molecule has 0 N–H and O–H groups in total. The summed E-state index contributed by atoms with van der Waals surface area (Å²) in [5.41, 5.74) is 0.475. The van der Waals surface area contributed by atoms with Crippen molar-refractivity contribution in [1.29, 1.82) is 0 Å². The molecule has 1 aliphatic rings. The van der Waals surface area contributed by atoms with Crippen LogP contribution < -0.4 is 10.3 Å². The average Bonchev–Trinajstić information content (AvgIpc) is 2.96. The van der Waals surface area contributed by atoms with Crippen LogP contribution in [0.1, 0.15) is 55.0 Å². The predicted octanol–water partition coefficient (Wildman–Crippen LogP) is 7.25. The molecule has 0 unspecified atom stereocenters. The minimum atomic E-state index is -0.584. The summed E-state index contributed by atoms with van der Waals surface area (Å²) in [6.07, 6.45) is 6.28. The molecule has 5 rings (SSSR count). The maximum atomic E-state index is 13.7. The Morgan fingerprint density at radius 2 is 1.78 bits per heavy atom. The summed E-state index contributed by atoms with van der Waals surface area (Å²) in [6.45, 7) is -0.163. The van der Waals surface area contributed by atoms with E-state index in [9.17, 15) is 25.0 Å². The molecule has 1 heterocycles. The Bertz CT molecular complexity index is 1750. The van der Waals surface area contributed by atoms with Gasteiger partial charge in [-0.3, -0.25) is 25.0 Å². The summed E-state index contributed by atoms with van der Waals surface area (Å²) in [5, 5.41) is 28.0. The third-order valence-electron chi connectivity index (χ3n) is 6.88. The first kappa shape index (κ1) is 28.6. The van der Waals surface area contributed by atoms with Gasteiger partial charge in [0, 0.05) is 38.6 Å². The third kappa shape index (κ3) is 6.35. The standard InChI is InChI=1S/C28H23Br2N5O6/c29-20-9-10-24-23(13-20)28(36)33(27(32-24)18-6-2-1-3-7-18)31-15-19-12-21(30)14-25(35(39)40)26(19)41-16-17-5-4-8-22(11-17)34(37)38/h4-5,8-15,18H,1-3,6-7,16H2. The van der Waals surface area contributed by atoms with E-state index in [4.69, 9.17) is 9.72 Å². The zero-order valence-electron chi connectivity index (χ0n) is 21.5. The maximum Gasteiger partial charge on any atom is 0.312 e. The molecule has 1 aliphatic carbocycles. The topological polar surface area (TPSA) is 143 Å². The van der Waals surface area contributed by atoms with Crippen LogP contribution in [0.2, 0.25) is 0 Å². The van der Waals surface area contributed by atoms with Gasteiger partial charge in [0.1, 0.15) is 12.4 Å². The van der Waals surface area contributed by atoms with Crippen molar-refractivity contribution in [3.63, 3.8) is 0 Å². The first-order valence-electron chi connectivity index (χ1n) is 12.8. The van der Waals surface area contributed by atoms with Crippen molar-refractivity contribution in [2.45, 2.75) is 44.6 Å². The molecular weight excluding hydrogens is 662 g/mol. The zero-order chi connectivity index (χ0) is 29.1. The van der Waals surface area contributed by atoms with Gasteiger partial charge in [-0.1, -0.05) is 63.3 Å². The number of hydrogen-bond acceptors (Lipinski definition) is 8. The van der Waals surface area contributed by atoms with Crippen molar-refractivity contribution in [3.8, 4) is 5.75 Å². The number of nitro groups is 2. The monoisotopic (exact) mass is 683 g/mol. The fraction of sp³-hybridized carbons (Fsp3) is 0.250. The zero-order valence-corrected chi connectivity index (χ0v) is 24.7. The van der Waals surface area contributed by atoms with E-state index in [0.29, 0.717) is 26.8 Å². The van der Waals surface area contributed by atoms with E-state index in [1.165, 1.54) is 35.2 Å². The Hall–Kier alpha value is -3.97. The van der Waals surface area contributed by atoms with Gasteiger partial charge in [-0.25, -0.2) is 4.98 Å². The number of nitro benzene ring substituents is 2. The first-order chi connectivity index (χ1) is 19.7. The van der Waals surface area contributed by atoms with Gasteiger partial charge in [0.05, 0.1) is 27.0 Å². The normalized spacial score (nSPS) is 14.0. The molecule has 1 fully saturated rings. The summed E-state index contributed by atoms with van der Waals surface area (Å²) in [4.78, 5) is 40.5. The summed E-state index contributed by atoms with van der Waals surface area (Å²) >= 11 is 6.73. The first-order valence-corrected chi connectivity index (χ1v) is 14.4. The smallest absolute Gasteiger partial charge is 0.312 e. The van der Waals surface area contributed by atoms with Gasteiger partial charge in [-0.2, -0.15) is 9.78 Å². The van der Waals surface area contributed by atoms with Gasteiger partial charge in [0.25, 0.3) is 11.2 Å². The summed E-state index contributed by atoms with van der Waals surface area (Å²) < 4.78 is 8.29. The molecule has 13 heteroatoms. The predicted molar refractivity (Wildman–Crippen MR) is 161 cm³/mol. The molecule has 210 valence electrons. The Balaban J connectivity index is 1.60. The number of hydrogen-bond donors (Lipinski definition) is 0. The van der Waals surface area contributed by atoms with Crippen LogP contribution in [0, 0.1) is 20.2 Å². The van der Waals surface area contributed by atoms with Crippen LogP contribution in [0.3, 0.4) is 0 Å². The lowest BCUT2D eigenvalue weighted by atomic mass is 9.88. The van der Waals surface area contributed by atoms with Crippen LogP contribution in [0.4, 0.5) is 11.4 Å². The summed E-state index contributed by atoms with van der Waals surface area (Å²) in [7, 11) is 0. The van der Waals surface area contributed by atoms with E-state index in [1.54, 1.807) is 24.3 Å². The Morgan fingerprint density at radius 3 is 2.51 bits per heavy atom. The van der Waals surface area contributed by atoms with Crippen molar-refractivity contribution < 1.29 is 14.6 Å². The summed E-state index contributed by atoms with van der Waals surface area (Å²) in [5.74, 6) is 0.504. The molecule has 0 bridgehead atoms. The van der Waals surface area contributed by atoms with E-state index in [0.717, 1.165) is 36.6 Å². The minimum Gasteiger partial charge on any atom is -0.481 e. The molecule has 0 atom stereocenters. The highest BCUT2D eigenvalue weighted by Gasteiger charge is 2.24. The highest BCUT2D eigenvalue weighted by atomic mass is 79.9. The molecule has 0 aliphatic heterocycles. The number of ether oxygens (including phenoxy) is 1. The van der Waals surface area contributed by atoms with E-state index >= 15 is 0 Å². The van der Waals surface area contributed by atoms with Crippen LogP contribution >= 0.6 is 31.9 Å². The molecular formula is C28H23Br2N5O6. The average molecular weight is 685 g/mol. The molecule has 1 saturated carbocycles. The SMILES string of the molecule is O=c1c2cc(Br)ccc2nc(C2CCCCC2)n1N=Cc1cc(Br)cc([N+](=O)[O-])c1OCc1cccc([N+](=O)[O-])c1. The molecule has 11 nitrogen and oxygen atoms in total. The van der Waals surface area contributed by atoms with Crippen molar-refractivity contribution in [2.75, 3.05) is 0 Å². The molecule has 0 spiro atoms. The second-order valence-electron chi connectivity index (χ2n) is 9.64. The van der Waals surface area contributed by atoms with Crippen LogP contribution in [0.25, 0.3) is 10.9 Å². The van der Waals surface area contributed by atoms with Gasteiger partial charge in [0.15, 0.2) is 0 Å². The molecule has 3 aromatic carbocycles. The number of halogens is 2. The largest absolute Gasteiger partial charge is 0.481 e. The van der Waals surface area contributed by atoms with Gasteiger partial charge < -0.3 is 4.74 Å². The second kappa shape index (κ2) is 12.3. The van der Waals surface area contributed by atoms with Crippen LogP contribution in [0.5, 0.6) is 5.75 Å². The van der Waals surface area contributed by atoms with Gasteiger partial charge in [0.2, 0.25) is 5.75 Å². The molecule has 1 aromatic heterocycles. The van der Waals surface area contributed by atoms with E-state index < -0.39 is 9.85 Å². The van der Waals surface area contributed by atoms with Crippen molar-refractivity contribution in [3.05, 3.63) is 111 Å². The quantitative estimate of drug-likeness (QED) is 0.108. The van der Waals surface area contributed by atoms with Gasteiger partial charge in [-0.15, -0.1) is 0 Å². The molecule has 0 amide bonds. The van der Waals surface area contributed by atoms with Crippen molar-refractivity contribution in [1.82, 2.24) is 9.66 Å². The number of benzene rings is 3. The fourth-order valence-corrected chi connectivity index (χ4v) is 5.75. The van der Waals surface area contributed by atoms with Gasteiger partial charge >= 0.3 is 5.69 Å². The lowest BCUT2D eigenvalue weighted by Gasteiger charge is -2.22. The van der Waals surface area contributed by atoms with Crippen LogP contribution in [-0.4, -0.2) is 25.7 Å². The van der Waals surface area contributed by atoms with E-state index in [1.807, 2.05) is 6.07 Å². The number of non-ortho nitro benzene ring substituents is 1. The molecule has 0 radical (unpaired) electrons. The van der Waals surface area contributed by atoms with E-state index in [2.05, 4.69) is 37.0 Å². The number of nitrogens with zero attached hydrogens (tertiary/aromatic N) is 5. The van der Waals surface area contributed by atoms with Crippen molar-refractivity contribution >= 4 is 60.4 Å². The molecule has 0 saturated heterocycles. The Labute approximate surface area is 250 Å². The number of fused-ring (bicyclic) bond motifs is 1. The summed E-state index contributed by atoms with van der Waals surface area (Å²) in [6, 6.07) is 14.0. The minimum absolute atomic E-state index is 0.0445.